The molecule has 332 valence electrons. The van der Waals surface area contributed by atoms with Gasteiger partial charge in [-0.15, -0.1) is 18.3 Å². The zero-order valence-corrected chi connectivity index (χ0v) is 37.1. The predicted molar refractivity (Wildman–Crippen MR) is 243 cm³/mol. The number of carbonyl (C=O) groups excluding carboxylic acids is 6. The molecule has 0 aliphatic carbocycles. The number of amides is 6. The predicted octanol–water partition coefficient (Wildman–Crippen LogP) is 3.32. The normalized spacial score (nSPS) is 26.1. The van der Waals surface area contributed by atoms with Crippen LogP contribution in [0.25, 0.3) is 21.8 Å². The summed E-state index contributed by atoms with van der Waals surface area (Å²) < 4.78 is 0. The van der Waals surface area contributed by atoms with Crippen LogP contribution >= 0.6 is 11.8 Å². The highest BCUT2D eigenvalue weighted by molar-refractivity contribution is 8.00. The van der Waals surface area contributed by atoms with Gasteiger partial charge >= 0.3 is 0 Å². The first kappa shape index (κ1) is 45.9. The summed E-state index contributed by atoms with van der Waals surface area (Å²) in [5, 5.41) is 22.5. The van der Waals surface area contributed by atoms with Gasteiger partial charge in [-0.2, -0.15) is 0 Å². The van der Waals surface area contributed by atoms with Crippen LogP contribution in [0.3, 0.4) is 0 Å². The SMILES string of the molecule is C=CC[C@H]1NC(=O)[C@@H]2CSC(N2)[C@H](C(C)C)NC(=O)[C@@H](Cc2c[nH]c3ccccc23)NC(=O)[C@H](C(C)C)NC(=O)[C@@H](CC(C)C)NC(=O)[C@H](Cc2c[nH]c3ccccc23)NC1=O. The van der Waals surface area contributed by atoms with Crippen LogP contribution in [0.2, 0.25) is 0 Å². The van der Waals surface area contributed by atoms with Crippen LogP contribution in [-0.4, -0.2) is 98.8 Å². The van der Waals surface area contributed by atoms with Gasteiger partial charge in [-0.05, 0) is 53.9 Å². The van der Waals surface area contributed by atoms with Crippen LogP contribution in [-0.2, 0) is 41.6 Å². The lowest BCUT2D eigenvalue weighted by Crippen LogP contribution is -2.61. The van der Waals surface area contributed by atoms with Crippen LogP contribution in [0.15, 0.2) is 73.6 Å². The topological polar surface area (TPSA) is 218 Å². The molecule has 15 nitrogen and oxygen atoms in total. The van der Waals surface area contributed by atoms with Gasteiger partial charge in [0, 0.05) is 52.8 Å². The molecule has 6 amide bonds. The van der Waals surface area contributed by atoms with Gasteiger partial charge in [0.25, 0.3) is 0 Å². The average Bonchev–Trinajstić information content (AvgIpc) is 3.99. The fourth-order valence-electron chi connectivity index (χ4n) is 8.14. The Balaban J connectivity index is 1.37. The number of benzene rings is 2. The number of fused-ring (bicyclic) bond motifs is 4. The Hall–Kier alpha value is -5.61. The number of aromatic amines is 2. The van der Waals surface area contributed by atoms with E-state index in [0.717, 1.165) is 32.9 Å². The van der Waals surface area contributed by atoms with Gasteiger partial charge in [0.2, 0.25) is 35.4 Å². The fraction of sp³-hybridized carbons (Fsp3) is 0.478. The highest BCUT2D eigenvalue weighted by atomic mass is 32.2. The van der Waals surface area contributed by atoms with E-state index in [4.69, 9.17) is 0 Å². The minimum Gasteiger partial charge on any atom is -0.361 e. The summed E-state index contributed by atoms with van der Waals surface area (Å²) in [7, 11) is 0. The number of hydrogen-bond donors (Lipinski definition) is 9. The zero-order valence-electron chi connectivity index (χ0n) is 36.3. The van der Waals surface area contributed by atoms with Crippen molar-refractivity contribution in [2.75, 3.05) is 5.75 Å². The smallest absolute Gasteiger partial charge is 0.243 e. The van der Waals surface area contributed by atoms with Gasteiger partial charge in [0.1, 0.15) is 30.2 Å². The van der Waals surface area contributed by atoms with E-state index in [1.54, 1.807) is 20.0 Å². The molecule has 2 fully saturated rings. The lowest BCUT2D eigenvalue weighted by Gasteiger charge is -2.31. The fourth-order valence-corrected chi connectivity index (χ4v) is 9.64. The first-order valence-electron chi connectivity index (χ1n) is 21.5. The maximum atomic E-state index is 14.5. The van der Waals surface area contributed by atoms with Gasteiger partial charge in [0.15, 0.2) is 0 Å². The van der Waals surface area contributed by atoms with Crippen molar-refractivity contribution in [2.24, 2.45) is 17.8 Å². The second-order valence-corrected chi connectivity index (χ2v) is 18.7. The zero-order chi connectivity index (χ0) is 44.7. The van der Waals surface area contributed by atoms with E-state index in [1.165, 1.54) is 17.8 Å². The number of para-hydroxylation sites is 2. The molecule has 4 aromatic rings. The lowest BCUT2D eigenvalue weighted by atomic mass is 9.97. The van der Waals surface area contributed by atoms with Crippen molar-refractivity contribution < 1.29 is 28.8 Å². The number of H-pyrrole nitrogens is 2. The van der Waals surface area contributed by atoms with Gasteiger partial charge in [-0.3, -0.25) is 34.1 Å². The molecule has 0 radical (unpaired) electrons. The largest absolute Gasteiger partial charge is 0.361 e. The number of rotatable bonds is 10. The van der Waals surface area contributed by atoms with Crippen molar-refractivity contribution in [1.29, 1.82) is 0 Å². The van der Waals surface area contributed by atoms with Gasteiger partial charge in [0.05, 0.1) is 17.5 Å². The minimum atomic E-state index is -1.16. The molecule has 2 aliphatic rings. The number of hydrogen-bond acceptors (Lipinski definition) is 8. The van der Waals surface area contributed by atoms with Gasteiger partial charge < -0.3 is 41.9 Å². The Morgan fingerprint density at radius 2 is 1.11 bits per heavy atom. The van der Waals surface area contributed by atoms with Crippen molar-refractivity contribution in [3.63, 3.8) is 0 Å². The molecule has 9 N–H and O–H groups in total. The highest BCUT2D eigenvalue weighted by Crippen LogP contribution is 2.27. The summed E-state index contributed by atoms with van der Waals surface area (Å²) in [6, 6.07) is 8.70. The Morgan fingerprint density at radius 3 is 1.66 bits per heavy atom. The summed E-state index contributed by atoms with van der Waals surface area (Å²) in [5.74, 6) is -3.38. The molecule has 8 atom stereocenters. The molecule has 0 spiro atoms. The maximum absolute atomic E-state index is 14.5. The van der Waals surface area contributed by atoms with E-state index >= 15 is 0 Å². The second-order valence-electron chi connectivity index (χ2n) is 17.5. The summed E-state index contributed by atoms with van der Waals surface area (Å²) in [4.78, 5) is 92.1. The first-order chi connectivity index (χ1) is 29.6. The third-order valence-electron chi connectivity index (χ3n) is 11.6. The molecule has 1 unspecified atom stereocenters. The van der Waals surface area contributed by atoms with E-state index in [0.29, 0.717) is 5.75 Å². The van der Waals surface area contributed by atoms with E-state index < -0.39 is 83.7 Å². The molecule has 2 saturated heterocycles. The Kier molecular flexibility index (Phi) is 15.2. The van der Waals surface area contributed by atoms with Gasteiger partial charge in [-0.25, -0.2) is 0 Å². The third kappa shape index (κ3) is 11.1. The average molecular weight is 868 g/mol. The van der Waals surface area contributed by atoms with Crippen molar-refractivity contribution >= 4 is 69.0 Å². The van der Waals surface area contributed by atoms with Gasteiger partial charge in [-0.1, -0.05) is 84.0 Å². The van der Waals surface area contributed by atoms with Crippen LogP contribution in [0.1, 0.15) is 65.5 Å². The summed E-state index contributed by atoms with van der Waals surface area (Å²) in [6.45, 7) is 15.2. The summed E-state index contributed by atoms with van der Waals surface area (Å²) >= 11 is 1.48. The third-order valence-corrected chi connectivity index (χ3v) is 12.9. The monoisotopic (exact) mass is 867 g/mol. The molecule has 4 heterocycles. The molecule has 2 aromatic heterocycles. The van der Waals surface area contributed by atoms with Crippen molar-refractivity contribution in [3.8, 4) is 0 Å². The first-order valence-corrected chi connectivity index (χ1v) is 22.6. The van der Waals surface area contributed by atoms with Crippen LogP contribution in [0.5, 0.6) is 0 Å². The summed E-state index contributed by atoms with van der Waals surface area (Å²) in [6.07, 6.45) is 5.67. The highest BCUT2D eigenvalue weighted by Gasteiger charge is 2.40. The number of aromatic nitrogens is 2. The number of thioether (sulfide) groups is 1. The van der Waals surface area contributed by atoms with Crippen LogP contribution in [0, 0.1) is 17.8 Å². The molecule has 62 heavy (non-hydrogen) atoms. The summed E-state index contributed by atoms with van der Waals surface area (Å²) in [5.41, 5.74) is 3.32. The molecule has 16 heteroatoms. The molecule has 2 bridgehead atoms. The van der Waals surface area contributed by atoms with Crippen LogP contribution < -0.4 is 37.2 Å². The van der Waals surface area contributed by atoms with E-state index in [9.17, 15) is 28.8 Å². The van der Waals surface area contributed by atoms with Crippen LogP contribution in [0.4, 0.5) is 0 Å². The number of nitrogens with one attached hydrogen (secondary N) is 9. The van der Waals surface area contributed by atoms with Crippen molar-refractivity contribution in [2.45, 2.75) is 115 Å². The van der Waals surface area contributed by atoms with E-state index in [1.807, 2.05) is 82.4 Å². The lowest BCUT2D eigenvalue weighted by molar-refractivity contribution is -0.136. The van der Waals surface area contributed by atoms with Crippen molar-refractivity contribution in [1.82, 2.24) is 47.2 Å². The molecule has 0 saturated carbocycles. The standard InChI is InChI=1S/C46H61N9O6S/c1-8-13-33-40(56)51-35(19-27-21-47-31-16-11-9-14-29(27)31)41(57)50-34(18-24(2)3)42(58)54-38(25(4)5)45(61)52-36(20-28-22-48-32-17-12-10-15-30(28)32)43(59)55-39(26(6)7)46-53-37(23-62-46)44(60)49-33/h8-12,14-17,21-22,24-26,33-39,46-48,53H,1,13,18-20,23H2,2-7H3,(H,49,60)(H,50,57)(H,51,56)(H,52,61)(H,54,58)(H,55,59)/t33-,34-,35+,36-,37+,38+,39+,46?/m1/s1. The Labute approximate surface area is 366 Å². The maximum Gasteiger partial charge on any atom is 0.243 e. The Bertz CT molecular complexity index is 2270. The molecule has 6 rings (SSSR count). The molecule has 2 aromatic carbocycles. The Morgan fingerprint density at radius 1 is 0.613 bits per heavy atom. The molecule has 2 aliphatic heterocycles. The minimum absolute atomic E-state index is 0.0547. The quantitative estimate of drug-likeness (QED) is 0.108. The second kappa shape index (κ2) is 20.5. The molecular weight excluding hydrogens is 807 g/mol. The molecular formula is C46H61N9O6S. The van der Waals surface area contributed by atoms with E-state index in [2.05, 4.69) is 53.8 Å². The van der Waals surface area contributed by atoms with Crippen molar-refractivity contribution in [3.05, 3.63) is 84.7 Å². The number of carbonyl (C=O) groups is 6. The van der Waals surface area contributed by atoms with E-state index in [-0.39, 0.29) is 42.9 Å².